The van der Waals surface area contributed by atoms with Crippen molar-refractivity contribution in [2.24, 2.45) is 0 Å². The number of nitrogen functional groups attached to an aromatic ring is 1. The lowest BCUT2D eigenvalue weighted by atomic mass is 10.1. The number of aromatic nitrogens is 7. The fourth-order valence-electron chi connectivity index (χ4n) is 4.31. The number of nitrogens with two attached hydrogens (primary N) is 1. The Labute approximate surface area is 191 Å². The van der Waals surface area contributed by atoms with Crippen LogP contribution >= 0.6 is 0 Å². The second-order valence-corrected chi connectivity index (χ2v) is 8.38. The molecular formula is C20H21N9O5. The molecule has 5 heterocycles. The van der Waals surface area contributed by atoms with Crippen LogP contribution in [-0.4, -0.2) is 71.7 Å². The Bertz CT molecular complexity index is 1420. The molecule has 1 aromatic carbocycles. The highest BCUT2D eigenvalue weighted by Crippen LogP contribution is 2.44. The van der Waals surface area contributed by atoms with Gasteiger partial charge in [-0.2, -0.15) is 9.97 Å². The first-order valence-electron chi connectivity index (χ1n) is 10.6. The molecule has 2 aliphatic rings. The topological polar surface area (TPSA) is 166 Å². The Kier molecular flexibility index (Phi) is 4.45. The summed E-state index contributed by atoms with van der Waals surface area (Å²) in [6, 6.07) is 7.30. The maximum Gasteiger partial charge on any atom is 0.281 e. The molecule has 34 heavy (non-hydrogen) atoms. The van der Waals surface area contributed by atoms with Crippen molar-refractivity contribution in [2.75, 3.05) is 12.8 Å². The van der Waals surface area contributed by atoms with Crippen LogP contribution in [0.4, 0.5) is 5.95 Å². The van der Waals surface area contributed by atoms with Crippen LogP contribution in [0.2, 0.25) is 0 Å². The summed E-state index contributed by atoms with van der Waals surface area (Å²) in [4.78, 5) is 32.5. The van der Waals surface area contributed by atoms with Gasteiger partial charge < -0.3 is 30.1 Å². The fraction of sp³-hybridized carbons (Fsp3) is 0.400. The summed E-state index contributed by atoms with van der Waals surface area (Å²) >= 11 is 0. The minimum atomic E-state index is -0.892. The molecular weight excluding hydrogens is 446 g/mol. The minimum Gasteiger partial charge on any atom is -0.368 e. The molecule has 4 atom stereocenters. The lowest BCUT2D eigenvalue weighted by molar-refractivity contribution is -0.197. The first-order valence-corrected chi connectivity index (χ1v) is 10.6. The molecule has 3 aromatic heterocycles. The van der Waals surface area contributed by atoms with Gasteiger partial charge in [0.15, 0.2) is 29.3 Å². The van der Waals surface area contributed by atoms with E-state index in [2.05, 4.69) is 30.6 Å². The van der Waals surface area contributed by atoms with E-state index in [9.17, 15) is 4.79 Å². The molecule has 0 unspecified atom stereocenters. The number of rotatable bonds is 4. The van der Waals surface area contributed by atoms with Gasteiger partial charge in [-0.1, -0.05) is 17.0 Å². The van der Waals surface area contributed by atoms with Gasteiger partial charge in [0.2, 0.25) is 5.95 Å². The lowest BCUT2D eigenvalue weighted by Gasteiger charge is -2.24. The SMILES string of the molecule is CNC(=O)[C@H]1O[C@@H](n2cnc3c(On4nnc5ccccc54)nc(N)nc32)[C@@H]2OC(C)(C)O[C@@H]21. The van der Waals surface area contributed by atoms with Crippen LogP contribution < -0.4 is 15.9 Å². The number of nitrogens with one attached hydrogen (secondary N) is 1. The fourth-order valence-corrected chi connectivity index (χ4v) is 4.31. The number of nitrogens with zero attached hydrogens (tertiary/aromatic N) is 7. The number of fused-ring (bicyclic) bond motifs is 3. The zero-order chi connectivity index (χ0) is 23.6. The average Bonchev–Trinajstić information content (AvgIpc) is 3.55. The third-order valence-corrected chi connectivity index (χ3v) is 5.71. The summed E-state index contributed by atoms with van der Waals surface area (Å²) in [5.74, 6) is -1.18. The Hall–Kier alpha value is -3.88. The maximum atomic E-state index is 12.5. The van der Waals surface area contributed by atoms with Gasteiger partial charge in [-0.15, -0.1) is 5.10 Å². The number of para-hydroxylation sites is 1. The molecule has 3 N–H and O–H groups in total. The van der Waals surface area contributed by atoms with Gasteiger partial charge in [0.05, 0.1) is 6.33 Å². The van der Waals surface area contributed by atoms with Crippen LogP contribution in [0.5, 0.6) is 5.88 Å². The van der Waals surface area contributed by atoms with E-state index in [1.807, 2.05) is 18.2 Å². The Morgan fingerprint density at radius 2 is 2.00 bits per heavy atom. The number of likely N-dealkylation sites (N-methyl/N-ethyl adjacent to an activating group) is 1. The van der Waals surface area contributed by atoms with Crippen molar-refractivity contribution in [1.82, 2.24) is 40.0 Å². The third-order valence-electron chi connectivity index (χ3n) is 5.71. The monoisotopic (exact) mass is 467 g/mol. The Morgan fingerprint density at radius 3 is 2.82 bits per heavy atom. The van der Waals surface area contributed by atoms with Gasteiger partial charge in [-0.3, -0.25) is 9.36 Å². The molecule has 2 fully saturated rings. The minimum absolute atomic E-state index is 0.0463. The zero-order valence-corrected chi connectivity index (χ0v) is 18.4. The number of benzene rings is 1. The molecule has 14 heteroatoms. The normalized spacial score (nSPS) is 25.6. The largest absolute Gasteiger partial charge is 0.368 e. The van der Waals surface area contributed by atoms with Gasteiger partial charge in [0, 0.05) is 7.05 Å². The van der Waals surface area contributed by atoms with E-state index in [0.717, 1.165) is 0 Å². The maximum absolute atomic E-state index is 12.5. The van der Waals surface area contributed by atoms with Crippen LogP contribution in [0.1, 0.15) is 20.1 Å². The number of hydrogen-bond donors (Lipinski definition) is 2. The summed E-state index contributed by atoms with van der Waals surface area (Å²) < 4.78 is 19.7. The van der Waals surface area contributed by atoms with E-state index in [4.69, 9.17) is 24.8 Å². The summed E-state index contributed by atoms with van der Waals surface area (Å²) in [7, 11) is 1.53. The van der Waals surface area contributed by atoms with E-state index in [0.29, 0.717) is 22.2 Å². The number of hydrogen-bond acceptors (Lipinski definition) is 11. The number of carbonyl (C=O) groups excluding carboxylic acids is 1. The molecule has 1 amide bonds. The van der Waals surface area contributed by atoms with Crippen molar-refractivity contribution in [3.8, 4) is 5.88 Å². The van der Waals surface area contributed by atoms with Crippen LogP contribution in [0.25, 0.3) is 22.2 Å². The number of imidazole rings is 1. The predicted octanol–water partition coefficient (Wildman–Crippen LogP) is 0.159. The van der Waals surface area contributed by atoms with Crippen LogP contribution in [0, 0.1) is 0 Å². The van der Waals surface area contributed by atoms with Crippen LogP contribution in [0.15, 0.2) is 30.6 Å². The van der Waals surface area contributed by atoms with Crippen molar-refractivity contribution in [2.45, 2.75) is 44.2 Å². The smallest absolute Gasteiger partial charge is 0.281 e. The van der Waals surface area contributed by atoms with Crippen molar-refractivity contribution in [1.29, 1.82) is 0 Å². The molecule has 0 aliphatic carbocycles. The first-order chi connectivity index (χ1) is 16.3. The highest BCUT2D eigenvalue weighted by Gasteiger charge is 2.58. The van der Waals surface area contributed by atoms with Crippen molar-refractivity contribution < 1.29 is 23.8 Å². The zero-order valence-electron chi connectivity index (χ0n) is 18.4. The highest BCUT2D eigenvalue weighted by atomic mass is 16.8. The van der Waals surface area contributed by atoms with Crippen molar-refractivity contribution >= 4 is 34.1 Å². The Morgan fingerprint density at radius 1 is 1.21 bits per heavy atom. The van der Waals surface area contributed by atoms with E-state index in [1.165, 1.54) is 18.2 Å². The second kappa shape index (κ2) is 7.31. The number of anilines is 1. The van der Waals surface area contributed by atoms with Crippen LogP contribution in [-0.2, 0) is 19.0 Å². The van der Waals surface area contributed by atoms with Crippen LogP contribution in [0.3, 0.4) is 0 Å². The molecule has 0 radical (unpaired) electrons. The lowest BCUT2D eigenvalue weighted by Crippen LogP contribution is -2.41. The number of amides is 1. The molecule has 0 bridgehead atoms. The van der Waals surface area contributed by atoms with E-state index >= 15 is 0 Å². The van der Waals surface area contributed by atoms with Gasteiger partial charge in [0.1, 0.15) is 23.2 Å². The van der Waals surface area contributed by atoms with E-state index in [1.54, 1.807) is 24.5 Å². The Balaban J connectivity index is 1.41. The van der Waals surface area contributed by atoms with E-state index < -0.39 is 30.3 Å². The van der Waals surface area contributed by atoms with E-state index in [-0.39, 0.29) is 17.7 Å². The first kappa shape index (κ1) is 20.7. The average molecular weight is 467 g/mol. The predicted molar refractivity (Wildman–Crippen MR) is 115 cm³/mol. The summed E-state index contributed by atoms with van der Waals surface area (Å²) in [5, 5.41) is 10.7. The standard InChI is InChI=1S/C20H21N9O5/c1-20(2)32-12-13(16(30)22-3)31-18(14(12)33-20)28-8-23-11-15(28)24-19(21)25-17(11)34-29-10-7-5-4-6-9(10)26-27-29/h4-8,12-14,18H,1-3H3,(H,22,30)(H2,21,24,25)/t12-,13+,14-,18-/m1/s1. The summed E-state index contributed by atoms with van der Waals surface area (Å²) in [6.07, 6.45) is -1.33. The molecule has 6 rings (SSSR count). The molecule has 2 aliphatic heterocycles. The molecule has 2 saturated heterocycles. The van der Waals surface area contributed by atoms with Crippen molar-refractivity contribution in [3.63, 3.8) is 0 Å². The van der Waals surface area contributed by atoms with Gasteiger partial charge in [0.25, 0.3) is 11.8 Å². The molecule has 14 nitrogen and oxygen atoms in total. The third kappa shape index (κ3) is 3.14. The van der Waals surface area contributed by atoms with Gasteiger partial charge in [-0.25, -0.2) is 4.98 Å². The molecule has 4 aromatic rings. The summed E-state index contributed by atoms with van der Waals surface area (Å²) in [5.41, 5.74) is 7.93. The summed E-state index contributed by atoms with van der Waals surface area (Å²) in [6.45, 7) is 3.56. The molecule has 176 valence electrons. The van der Waals surface area contributed by atoms with Gasteiger partial charge in [-0.05, 0) is 31.2 Å². The second-order valence-electron chi connectivity index (χ2n) is 8.38. The quantitative estimate of drug-likeness (QED) is 0.419. The van der Waals surface area contributed by atoms with Crippen molar-refractivity contribution in [3.05, 3.63) is 30.6 Å². The molecule has 0 spiro atoms. The number of ether oxygens (including phenoxy) is 3. The highest BCUT2D eigenvalue weighted by molar-refractivity contribution is 5.82. The molecule has 0 saturated carbocycles. The van der Waals surface area contributed by atoms with Gasteiger partial charge >= 0.3 is 0 Å². The number of carbonyl (C=O) groups is 1.